The molecule has 0 fully saturated rings. The molecule has 0 N–H and O–H groups in total. The van der Waals surface area contributed by atoms with Crippen molar-refractivity contribution in [1.29, 1.82) is 0 Å². The first kappa shape index (κ1) is 10.4. The molecule has 1 aromatic rings. The molecule has 0 saturated carbocycles. The zero-order chi connectivity index (χ0) is 11.6. The normalized spacial score (nSPS) is 10.9. The zero-order valence-corrected chi connectivity index (χ0v) is 6.67. The third kappa shape index (κ3) is 1.23. The van der Waals surface area contributed by atoms with Crippen LogP contribution in [0.1, 0.15) is 5.89 Å². The van der Waals surface area contributed by atoms with Crippen LogP contribution in [0.15, 0.2) is 10.8 Å². The van der Waals surface area contributed by atoms with Crippen molar-refractivity contribution >= 4 is 0 Å². The van der Waals surface area contributed by atoms with Gasteiger partial charge in [0.25, 0.3) is 0 Å². The largest absolute Gasteiger partial charge is 0.781 e. The molecule has 80 valence electrons. The van der Waals surface area contributed by atoms with Gasteiger partial charge in [0.2, 0.25) is 6.39 Å². The van der Waals surface area contributed by atoms with Crippen molar-refractivity contribution in [2.24, 2.45) is 0 Å². The molecule has 0 bridgehead atoms. The standard InChI is InChI=1S/C3HN5O7/c9-6(10)3(7(11)12,8(13)14)2-5-4-1-15-2/h1H. The van der Waals surface area contributed by atoms with E-state index >= 15 is 0 Å². The summed E-state index contributed by atoms with van der Waals surface area (Å²) < 4.78 is 4.14. The van der Waals surface area contributed by atoms with Crippen LogP contribution in [-0.2, 0) is 5.79 Å². The molecule has 0 aliphatic carbocycles. The summed E-state index contributed by atoms with van der Waals surface area (Å²) in [7, 11) is 0. The van der Waals surface area contributed by atoms with Crippen molar-refractivity contribution in [3.05, 3.63) is 42.6 Å². The number of aromatic nitrogens is 2. The summed E-state index contributed by atoms with van der Waals surface area (Å²) in [6.07, 6.45) is 0.514. The zero-order valence-electron chi connectivity index (χ0n) is 6.67. The Balaban J connectivity index is 3.47. The predicted octanol–water partition coefficient (Wildman–Crippen LogP) is -0.990. The van der Waals surface area contributed by atoms with Gasteiger partial charge in [-0.15, -0.1) is 5.10 Å². The topological polar surface area (TPSA) is 168 Å². The van der Waals surface area contributed by atoms with E-state index in [2.05, 4.69) is 14.6 Å². The summed E-state index contributed by atoms with van der Waals surface area (Å²) in [6, 6.07) is 0. The summed E-state index contributed by atoms with van der Waals surface area (Å²) >= 11 is 0. The van der Waals surface area contributed by atoms with Crippen LogP contribution in [0.4, 0.5) is 0 Å². The first-order valence-electron chi connectivity index (χ1n) is 3.14. The van der Waals surface area contributed by atoms with Crippen LogP contribution in [-0.4, -0.2) is 25.0 Å². The number of hydrogen-bond donors (Lipinski definition) is 0. The quantitative estimate of drug-likeness (QED) is 0.350. The lowest BCUT2D eigenvalue weighted by molar-refractivity contribution is -0.989. The summed E-state index contributed by atoms with van der Waals surface area (Å²) in [5.41, 5.74) is 0. The minimum absolute atomic E-state index is 0.514. The van der Waals surface area contributed by atoms with Gasteiger partial charge in [0.05, 0.1) is 0 Å². The fourth-order valence-electron chi connectivity index (χ4n) is 0.753. The highest BCUT2D eigenvalue weighted by atomic mass is 16.7. The SMILES string of the molecule is O=[N+]([O-])C(c1nnco1)([N+](=O)[O-])[N+](=O)[O-]. The van der Waals surface area contributed by atoms with E-state index in [-0.39, 0.29) is 0 Å². The summed E-state index contributed by atoms with van der Waals surface area (Å²) in [4.78, 5) is 26.0. The molecule has 1 rings (SSSR count). The summed E-state index contributed by atoms with van der Waals surface area (Å²) in [5, 5.41) is 36.9. The number of hydrogen-bond acceptors (Lipinski definition) is 9. The van der Waals surface area contributed by atoms with Gasteiger partial charge in [-0.25, -0.2) is 0 Å². The molecule has 0 amide bonds. The average molecular weight is 219 g/mol. The first-order valence-corrected chi connectivity index (χ1v) is 3.14. The van der Waals surface area contributed by atoms with Gasteiger partial charge < -0.3 is 4.42 Å². The van der Waals surface area contributed by atoms with E-state index in [0.29, 0.717) is 6.39 Å². The second kappa shape index (κ2) is 3.24. The molecule has 0 aliphatic rings. The minimum atomic E-state index is -3.85. The molecule has 1 heterocycles. The van der Waals surface area contributed by atoms with Gasteiger partial charge in [-0.2, -0.15) is 0 Å². The molecule has 0 atom stereocenters. The van der Waals surface area contributed by atoms with Crippen molar-refractivity contribution in [1.82, 2.24) is 10.2 Å². The summed E-state index contributed by atoms with van der Waals surface area (Å²) in [6.45, 7) is 0. The van der Waals surface area contributed by atoms with E-state index in [4.69, 9.17) is 0 Å². The molecule has 0 aliphatic heterocycles. The van der Waals surface area contributed by atoms with Crippen molar-refractivity contribution in [3.63, 3.8) is 0 Å². The Labute approximate surface area is 79.0 Å². The monoisotopic (exact) mass is 219 g/mol. The van der Waals surface area contributed by atoms with Gasteiger partial charge >= 0.3 is 11.7 Å². The average Bonchev–Trinajstić information content (AvgIpc) is 2.55. The van der Waals surface area contributed by atoms with Gasteiger partial charge in [-0.1, -0.05) is 5.10 Å². The van der Waals surface area contributed by atoms with Gasteiger partial charge in [-0.3, -0.25) is 30.3 Å². The van der Waals surface area contributed by atoms with Crippen LogP contribution in [0.25, 0.3) is 0 Å². The summed E-state index contributed by atoms with van der Waals surface area (Å²) in [5.74, 6) is -5.17. The van der Waals surface area contributed by atoms with E-state index in [9.17, 15) is 30.3 Å². The van der Waals surface area contributed by atoms with E-state index in [1.54, 1.807) is 0 Å². The Bertz CT molecular complexity index is 374. The van der Waals surface area contributed by atoms with Gasteiger partial charge in [0.15, 0.2) is 14.8 Å². The molecular weight excluding hydrogens is 218 g/mol. The third-order valence-corrected chi connectivity index (χ3v) is 1.41. The third-order valence-electron chi connectivity index (χ3n) is 1.41. The molecule has 0 saturated heterocycles. The van der Waals surface area contributed by atoms with Crippen molar-refractivity contribution in [2.75, 3.05) is 0 Å². The van der Waals surface area contributed by atoms with Crippen LogP contribution in [0, 0.1) is 30.3 Å². The van der Waals surface area contributed by atoms with E-state index in [1.165, 1.54) is 0 Å². The molecule has 1 aromatic heterocycles. The highest BCUT2D eigenvalue weighted by Crippen LogP contribution is 2.24. The number of rotatable bonds is 4. The van der Waals surface area contributed by atoms with Crippen LogP contribution < -0.4 is 0 Å². The number of nitro groups is 3. The lowest BCUT2D eigenvalue weighted by atomic mass is 10.4. The van der Waals surface area contributed by atoms with E-state index in [1.807, 2.05) is 0 Å². The Morgan fingerprint density at radius 2 is 1.60 bits per heavy atom. The molecule has 15 heavy (non-hydrogen) atoms. The van der Waals surface area contributed by atoms with E-state index in [0.717, 1.165) is 0 Å². The molecule has 0 aromatic carbocycles. The van der Waals surface area contributed by atoms with Crippen molar-refractivity contribution in [2.45, 2.75) is 5.79 Å². The number of nitrogens with zero attached hydrogens (tertiary/aromatic N) is 5. The Morgan fingerprint density at radius 3 is 1.87 bits per heavy atom. The molecule has 0 radical (unpaired) electrons. The maximum Gasteiger partial charge on any atom is 0.781 e. The second-order valence-corrected chi connectivity index (χ2v) is 2.15. The first-order chi connectivity index (χ1) is 6.94. The fraction of sp³-hybridized carbons (Fsp3) is 0.333. The van der Waals surface area contributed by atoms with Crippen molar-refractivity contribution < 1.29 is 19.2 Å². The van der Waals surface area contributed by atoms with Crippen molar-refractivity contribution in [3.8, 4) is 0 Å². The molecule has 0 spiro atoms. The fourth-order valence-corrected chi connectivity index (χ4v) is 0.753. The Hall–Kier alpha value is -2.66. The van der Waals surface area contributed by atoms with Crippen LogP contribution in [0.2, 0.25) is 0 Å². The van der Waals surface area contributed by atoms with E-state index < -0.39 is 26.4 Å². The van der Waals surface area contributed by atoms with Gasteiger partial charge in [-0.05, 0) is 0 Å². The molecular formula is C3HN5O7. The van der Waals surface area contributed by atoms with Gasteiger partial charge in [0.1, 0.15) is 0 Å². The van der Waals surface area contributed by atoms with Crippen LogP contribution >= 0.6 is 0 Å². The molecule has 0 unspecified atom stereocenters. The minimum Gasteiger partial charge on any atom is -0.410 e. The van der Waals surface area contributed by atoms with Crippen LogP contribution in [0.3, 0.4) is 0 Å². The maximum absolute atomic E-state index is 10.4. The van der Waals surface area contributed by atoms with Crippen LogP contribution in [0.5, 0.6) is 0 Å². The highest BCUT2D eigenvalue weighted by Gasteiger charge is 2.78. The highest BCUT2D eigenvalue weighted by molar-refractivity contribution is 4.80. The smallest absolute Gasteiger partial charge is 0.410 e. The maximum atomic E-state index is 10.4. The lowest BCUT2D eigenvalue weighted by Crippen LogP contribution is -2.50. The molecule has 12 nitrogen and oxygen atoms in total. The van der Waals surface area contributed by atoms with Gasteiger partial charge in [0, 0.05) is 0 Å². The molecule has 12 heteroatoms. The Morgan fingerprint density at radius 1 is 1.13 bits per heavy atom. The predicted molar refractivity (Wildman–Crippen MR) is 37.0 cm³/mol. The second-order valence-electron chi connectivity index (χ2n) is 2.15. The lowest BCUT2D eigenvalue weighted by Gasteiger charge is -2.03. The Kier molecular flexibility index (Phi) is 2.25.